The molecular weight excluding hydrogens is 286 g/mol. The van der Waals surface area contributed by atoms with Crippen molar-refractivity contribution in [2.75, 3.05) is 18.0 Å². The summed E-state index contributed by atoms with van der Waals surface area (Å²) in [5, 5.41) is 4.22. The van der Waals surface area contributed by atoms with Gasteiger partial charge < -0.3 is 16.0 Å². The van der Waals surface area contributed by atoms with Crippen molar-refractivity contribution in [3.8, 4) is 0 Å². The van der Waals surface area contributed by atoms with Crippen molar-refractivity contribution in [1.82, 2.24) is 5.32 Å². The van der Waals surface area contributed by atoms with Crippen molar-refractivity contribution in [1.29, 1.82) is 0 Å². The van der Waals surface area contributed by atoms with Gasteiger partial charge in [0.05, 0.1) is 5.92 Å². The number of nitrogens with two attached hydrogens (primary N) is 1. The average Bonchev–Trinajstić information content (AvgIpc) is 2.85. The molecular formula is C16H24ClN3O. The smallest absolute Gasteiger partial charge is 0.222 e. The van der Waals surface area contributed by atoms with Crippen LogP contribution in [0.1, 0.15) is 32.8 Å². The Kier molecular flexibility index (Phi) is 4.79. The van der Waals surface area contributed by atoms with Crippen LogP contribution in [0.5, 0.6) is 0 Å². The molecule has 0 aliphatic carbocycles. The summed E-state index contributed by atoms with van der Waals surface area (Å²) < 4.78 is 0. The minimum absolute atomic E-state index is 0.0420. The van der Waals surface area contributed by atoms with Gasteiger partial charge in [-0.3, -0.25) is 4.79 Å². The molecule has 0 aromatic heterocycles. The molecule has 1 heterocycles. The minimum atomic E-state index is -0.208. The predicted molar refractivity (Wildman–Crippen MR) is 87.6 cm³/mol. The van der Waals surface area contributed by atoms with E-state index in [4.69, 9.17) is 17.3 Å². The van der Waals surface area contributed by atoms with Crippen LogP contribution in [0.4, 0.5) is 5.69 Å². The third kappa shape index (κ3) is 4.35. The van der Waals surface area contributed by atoms with Crippen LogP contribution in [-0.2, 0) is 11.3 Å². The topological polar surface area (TPSA) is 58.4 Å². The molecule has 21 heavy (non-hydrogen) atoms. The van der Waals surface area contributed by atoms with E-state index in [0.29, 0.717) is 6.54 Å². The van der Waals surface area contributed by atoms with Gasteiger partial charge in [0, 0.05) is 35.9 Å². The zero-order valence-corrected chi connectivity index (χ0v) is 13.7. The average molecular weight is 310 g/mol. The highest BCUT2D eigenvalue weighted by molar-refractivity contribution is 6.30. The van der Waals surface area contributed by atoms with Crippen molar-refractivity contribution in [2.45, 2.75) is 39.3 Å². The molecule has 0 bridgehead atoms. The highest BCUT2D eigenvalue weighted by Crippen LogP contribution is 2.29. The molecule has 5 heteroatoms. The first-order chi connectivity index (χ1) is 9.76. The zero-order valence-electron chi connectivity index (χ0n) is 12.9. The van der Waals surface area contributed by atoms with Gasteiger partial charge in [-0.15, -0.1) is 0 Å². The van der Waals surface area contributed by atoms with Crippen LogP contribution in [0.2, 0.25) is 5.02 Å². The summed E-state index contributed by atoms with van der Waals surface area (Å²) in [7, 11) is 0. The van der Waals surface area contributed by atoms with Crippen LogP contribution in [0, 0.1) is 5.92 Å². The number of carbonyl (C=O) groups is 1. The summed E-state index contributed by atoms with van der Waals surface area (Å²) in [6.45, 7) is 8.71. The lowest BCUT2D eigenvalue weighted by Crippen LogP contribution is -2.35. The van der Waals surface area contributed by atoms with Crippen molar-refractivity contribution < 1.29 is 4.79 Å². The number of halogens is 1. The van der Waals surface area contributed by atoms with Crippen LogP contribution in [0.15, 0.2) is 18.2 Å². The fourth-order valence-corrected chi connectivity index (χ4v) is 2.77. The Morgan fingerprint density at radius 3 is 2.76 bits per heavy atom. The Labute approximate surface area is 131 Å². The molecule has 2 rings (SSSR count). The Bertz CT molecular complexity index is 525. The number of rotatable bonds is 4. The van der Waals surface area contributed by atoms with Crippen LogP contribution in [-0.4, -0.2) is 24.5 Å². The molecule has 1 amide bonds. The number of carbonyl (C=O) groups excluding carboxylic acids is 1. The monoisotopic (exact) mass is 309 g/mol. The molecule has 0 saturated carbocycles. The van der Waals surface area contributed by atoms with Gasteiger partial charge in [0.25, 0.3) is 0 Å². The number of nitrogens with zero attached hydrogens (tertiary/aromatic N) is 1. The molecule has 1 aromatic rings. The van der Waals surface area contributed by atoms with Crippen LogP contribution >= 0.6 is 11.6 Å². The van der Waals surface area contributed by atoms with Gasteiger partial charge in [0.2, 0.25) is 5.91 Å². The van der Waals surface area contributed by atoms with Gasteiger partial charge in [0.1, 0.15) is 0 Å². The molecule has 1 aliphatic rings. The third-order valence-corrected chi connectivity index (χ3v) is 4.02. The number of benzene rings is 1. The van der Waals surface area contributed by atoms with E-state index in [0.717, 1.165) is 35.8 Å². The summed E-state index contributed by atoms with van der Waals surface area (Å²) in [6.07, 6.45) is 0.824. The minimum Gasteiger partial charge on any atom is -0.370 e. The fourth-order valence-electron chi connectivity index (χ4n) is 2.58. The molecule has 1 unspecified atom stereocenters. The summed E-state index contributed by atoms with van der Waals surface area (Å²) in [6, 6.07) is 5.92. The van der Waals surface area contributed by atoms with E-state index in [9.17, 15) is 4.79 Å². The highest BCUT2D eigenvalue weighted by Gasteiger charge is 2.28. The second-order valence-electron chi connectivity index (χ2n) is 6.71. The molecule has 1 aliphatic heterocycles. The van der Waals surface area contributed by atoms with E-state index < -0.39 is 0 Å². The number of anilines is 1. The number of hydrogen-bond acceptors (Lipinski definition) is 3. The Hall–Kier alpha value is -1.26. The first-order valence-electron chi connectivity index (χ1n) is 7.34. The van der Waals surface area contributed by atoms with Gasteiger partial charge in [-0.05, 0) is 51.0 Å². The standard InChI is InChI=1S/C16H24ClN3O/c1-16(2,3)19-9-12-8-13(17)4-5-14(12)20-7-6-11(10-20)15(18)21/h4-5,8,11,19H,6-7,9-10H2,1-3H3,(H2,18,21). The Morgan fingerprint density at radius 1 is 1.48 bits per heavy atom. The maximum Gasteiger partial charge on any atom is 0.222 e. The highest BCUT2D eigenvalue weighted by atomic mass is 35.5. The quantitative estimate of drug-likeness (QED) is 0.898. The lowest BCUT2D eigenvalue weighted by molar-refractivity contribution is -0.121. The van der Waals surface area contributed by atoms with Gasteiger partial charge in [-0.1, -0.05) is 11.6 Å². The first kappa shape index (κ1) is 16.1. The van der Waals surface area contributed by atoms with Crippen LogP contribution in [0.25, 0.3) is 0 Å². The normalized spacial score (nSPS) is 19.0. The van der Waals surface area contributed by atoms with E-state index in [2.05, 4.69) is 31.0 Å². The number of amides is 1. The lowest BCUT2D eigenvalue weighted by atomic mass is 10.1. The predicted octanol–water partition coefficient (Wildman–Crippen LogP) is 2.54. The second kappa shape index (κ2) is 6.24. The van der Waals surface area contributed by atoms with Crippen molar-refractivity contribution >= 4 is 23.2 Å². The van der Waals surface area contributed by atoms with E-state index in [-0.39, 0.29) is 17.4 Å². The van der Waals surface area contributed by atoms with Gasteiger partial charge in [-0.2, -0.15) is 0 Å². The van der Waals surface area contributed by atoms with Crippen LogP contribution in [0.3, 0.4) is 0 Å². The zero-order chi connectivity index (χ0) is 15.6. The molecule has 1 atom stereocenters. The van der Waals surface area contributed by atoms with E-state index in [1.807, 2.05) is 18.2 Å². The molecule has 116 valence electrons. The molecule has 1 saturated heterocycles. The number of nitrogens with one attached hydrogen (secondary N) is 1. The van der Waals surface area contributed by atoms with Gasteiger partial charge in [0.15, 0.2) is 0 Å². The SMILES string of the molecule is CC(C)(C)NCc1cc(Cl)ccc1N1CCC(C(N)=O)C1. The molecule has 0 radical (unpaired) electrons. The van der Waals surface area contributed by atoms with Crippen molar-refractivity contribution in [2.24, 2.45) is 11.7 Å². The lowest BCUT2D eigenvalue weighted by Gasteiger charge is -2.25. The maximum absolute atomic E-state index is 11.3. The van der Waals surface area contributed by atoms with Crippen LogP contribution < -0.4 is 16.0 Å². The number of hydrogen-bond donors (Lipinski definition) is 2. The largest absolute Gasteiger partial charge is 0.370 e. The molecule has 0 spiro atoms. The van der Waals surface area contributed by atoms with Gasteiger partial charge in [-0.25, -0.2) is 0 Å². The molecule has 1 aromatic carbocycles. The summed E-state index contributed by atoms with van der Waals surface area (Å²) in [5.74, 6) is -0.259. The summed E-state index contributed by atoms with van der Waals surface area (Å²) >= 11 is 6.13. The summed E-state index contributed by atoms with van der Waals surface area (Å²) in [4.78, 5) is 13.6. The van der Waals surface area contributed by atoms with E-state index >= 15 is 0 Å². The number of primary amides is 1. The molecule has 4 nitrogen and oxygen atoms in total. The Morgan fingerprint density at radius 2 is 2.19 bits per heavy atom. The fraction of sp³-hybridized carbons (Fsp3) is 0.562. The third-order valence-electron chi connectivity index (χ3n) is 3.78. The molecule has 3 N–H and O–H groups in total. The first-order valence-corrected chi connectivity index (χ1v) is 7.72. The van der Waals surface area contributed by atoms with Gasteiger partial charge >= 0.3 is 0 Å². The van der Waals surface area contributed by atoms with Crippen molar-refractivity contribution in [3.63, 3.8) is 0 Å². The summed E-state index contributed by atoms with van der Waals surface area (Å²) in [5.41, 5.74) is 7.75. The van der Waals surface area contributed by atoms with E-state index in [1.54, 1.807) is 0 Å². The van der Waals surface area contributed by atoms with E-state index in [1.165, 1.54) is 0 Å². The van der Waals surface area contributed by atoms with Crippen molar-refractivity contribution in [3.05, 3.63) is 28.8 Å². The maximum atomic E-state index is 11.3. The molecule has 1 fully saturated rings. The second-order valence-corrected chi connectivity index (χ2v) is 7.15. The Balaban J connectivity index is 2.17.